The zero-order chi connectivity index (χ0) is 23.3. The summed E-state index contributed by atoms with van der Waals surface area (Å²) in [6, 6.07) is 11.8. The summed E-state index contributed by atoms with van der Waals surface area (Å²) >= 11 is 2.91. The number of carbonyl (C=O) groups is 2. The minimum atomic E-state index is -3.26. The molecule has 0 atom stereocenters. The summed E-state index contributed by atoms with van der Waals surface area (Å²) in [4.78, 5) is 31.2. The summed E-state index contributed by atoms with van der Waals surface area (Å²) in [7, 11) is -3.26. The Hall–Kier alpha value is -2.43. The summed E-state index contributed by atoms with van der Waals surface area (Å²) in [5, 5.41) is 2.87. The Morgan fingerprint density at radius 2 is 1.78 bits per heavy atom. The number of anilines is 1. The number of hydrogen-bond acceptors (Lipinski definition) is 7. The number of amides is 2. The van der Waals surface area contributed by atoms with E-state index in [1.165, 1.54) is 35.2 Å². The van der Waals surface area contributed by atoms with Crippen LogP contribution in [-0.2, 0) is 25.8 Å². The third-order valence-corrected chi connectivity index (χ3v) is 8.08. The summed E-state index contributed by atoms with van der Waals surface area (Å²) in [5.74, 6) is 0.251. The third kappa shape index (κ3) is 6.30. The lowest BCUT2D eigenvalue weighted by Gasteiger charge is -2.17. The molecular formula is C22H25N3O4S3. The van der Waals surface area contributed by atoms with E-state index in [-0.39, 0.29) is 23.1 Å². The van der Waals surface area contributed by atoms with Gasteiger partial charge in [-0.3, -0.25) is 9.59 Å². The molecule has 3 rings (SSSR count). The topological polar surface area (TPSA) is 96.4 Å². The number of thiazole rings is 1. The van der Waals surface area contributed by atoms with E-state index in [1.54, 1.807) is 23.1 Å². The van der Waals surface area contributed by atoms with E-state index in [2.05, 4.69) is 10.3 Å². The number of carbonyl (C=O) groups excluding carboxylic acids is 2. The van der Waals surface area contributed by atoms with Crippen LogP contribution in [0.3, 0.4) is 0 Å². The van der Waals surface area contributed by atoms with Gasteiger partial charge in [0, 0.05) is 25.0 Å². The number of nitrogens with zero attached hydrogens (tertiary/aromatic N) is 2. The zero-order valence-corrected chi connectivity index (χ0v) is 20.6. The van der Waals surface area contributed by atoms with Gasteiger partial charge in [0.05, 0.1) is 27.3 Å². The molecule has 1 aromatic heterocycles. The molecule has 10 heteroatoms. The van der Waals surface area contributed by atoms with Gasteiger partial charge in [-0.15, -0.1) is 11.3 Å². The molecule has 0 aliphatic carbocycles. The van der Waals surface area contributed by atoms with Gasteiger partial charge in [0.1, 0.15) is 0 Å². The first-order valence-electron chi connectivity index (χ1n) is 10.1. The van der Waals surface area contributed by atoms with E-state index in [1.807, 2.05) is 26.0 Å². The largest absolute Gasteiger partial charge is 0.343 e. The second kappa shape index (κ2) is 10.5. The number of sulfone groups is 1. The van der Waals surface area contributed by atoms with Gasteiger partial charge in [-0.2, -0.15) is 0 Å². The van der Waals surface area contributed by atoms with Gasteiger partial charge in [0.2, 0.25) is 11.8 Å². The number of benzene rings is 2. The Bertz CT molecular complexity index is 1220. The van der Waals surface area contributed by atoms with Gasteiger partial charge in [-0.05, 0) is 49.7 Å². The standard InChI is InChI=1S/C22H25N3O4S3/c1-4-25(5-2)21(27)14-30-22-24-18-11-8-16(13-19(18)31-22)23-20(26)12-15-6-9-17(10-7-15)32(3,28)29/h6-11,13H,4-5,12,14H2,1-3H3,(H,23,26). The number of nitrogens with one attached hydrogen (secondary N) is 1. The SMILES string of the molecule is CCN(CC)C(=O)CSc1nc2ccc(NC(=O)Cc3ccc(S(C)(=O)=O)cc3)cc2s1. The molecule has 7 nitrogen and oxygen atoms in total. The molecule has 170 valence electrons. The highest BCUT2D eigenvalue weighted by Crippen LogP contribution is 2.31. The fourth-order valence-corrected chi connectivity index (χ4v) is 5.72. The van der Waals surface area contributed by atoms with Gasteiger partial charge in [0.25, 0.3) is 0 Å². The zero-order valence-electron chi connectivity index (χ0n) is 18.1. The summed E-state index contributed by atoms with van der Waals surface area (Å²) < 4.78 is 24.8. The molecule has 0 unspecified atom stereocenters. The van der Waals surface area contributed by atoms with Crippen LogP contribution in [0.15, 0.2) is 51.7 Å². The van der Waals surface area contributed by atoms with Crippen molar-refractivity contribution in [2.45, 2.75) is 29.5 Å². The maximum Gasteiger partial charge on any atom is 0.232 e. The normalized spacial score (nSPS) is 11.5. The van der Waals surface area contributed by atoms with Crippen LogP contribution in [0.25, 0.3) is 10.2 Å². The Morgan fingerprint density at radius 1 is 1.09 bits per heavy atom. The van der Waals surface area contributed by atoms with Crippen LogP contribution in [0.4, 0.5) is 5.69 Å². The molecule has 3 aromatic rings. The Kier molecular flexibility index (Phi) is 7.91. The van der Waals surface area contributed by atoms with Gasteiger partial charge >= 0.3 is 0 Å². The van der Waals surface area contributed by atoms with Crippen LogP contribution in [-0.4, -0.2) is 55.2 Å². The molecule has 2 aromatic carbocycles. The first-order valence-corrected chi connectivity index (χ1v) is 13.8. The van der Waals surface area contributed by atoms with E-state index in [4.69, 9.17) is 0 Å². The summed E-state index contributed by atoms with van der Waals surface area (Å²) in [5.41, 5.74) is 2.21. The van der Waals surface area contributed by atoms with Crippen molar-refractivity contribution in [1.82, 2.24) is 9.88 Å². The highest BCUT2D eigenvalue weighted by atomic mass is 32.2. The first-order chi connectivity index (χ1) is 15.2. The van der Waals surface area contributed by atoms with Crippen molar-refractivity contribution >= 4 is 60.7 Å². The Labute approximate surface area is 196 Å². The second-order valence-electron chi connectivity index (χ2n) is 7.16. The molecule has 0 aliphatic heterocycles. The fourth-order valence-electron chi connectivity index (χ4n) is 3.08. The van der Waals surface area contributed by atoms with Crippen LogP contribution in [0.2, 0.25) is 0 Å². The van der Waals surface area contributed by atoms with Gasteiger partial charge in [-0.1, -0.05) is 23.9 Å². The maximum atomic E-state index is 12.4. The van der Waals surface area contributed by atoms with E-state index in [9.17, 15) is 18.0 Å². The number of aromatic nitrogens is 1. The fraction of sp³-hybridized carbons (Fsp3) is 0.318. The van der Waals surface area contributed by atoms with Crippen molar-refractivity contribution < 1.29 is 18.0 Å². The minimum absolute atomic E-state index is 0.0942. The molecule has 32 heavy (non-hydrogen) atoms. The molecular weight excluding hydrogens is 466 g/mol. The quantitative estimate of drug-likeness (QED) is 0.457. The van der Waals surface area contributed by atoms with E-state index in [0.29, 0.717) is 24.5 Å². The number of hydrogen-bond donors (Lipinski definition) is 1. The Morgan fingerprint density at radius 3 is 2.41 bits per heavy atom. The first kappa shape index (κ1) is 24.2. The highest BCUT2D eigenvalue weighted by Gasteiger charge is 2.13. The molecule has 0 saturated carbocycles. The monoisotopic (exact) mass is 491 g/mol. The van der Waals surface area contributed by atoms with E-state index in [0.717, 1.165) is 26.4 Å². The summed E-state index contributed by atoms with van der Waals surface area (Å²) in [6.07, 6.45) is 1.29. The molecule has 0 bridgehead atoms. The van der Waals surface area contributed by atoms with Crippen LogP contribution in [0.5, 0.6) is 0 Å². The molecule has 1 heterocycles. The van der Waals surface area contributed by atoms with Gasteiger partial charge in [-0.25, -0.2) is 13.4 Å². The lowest BCUT2D eigenvalue weighted by atomic mass is 10.1. The van der Waals surface area contributed by atoms with Gasteiger partial charge < -0.3 is 10.2 Å². The van der Waals surface area contributed by atoms with Crippen molar-refractivity contribution in [3.8, 4) is 0 Å². The predicted octanol–water partition coefficient (Wildman–Crippen LogP) is 3.84. The average molecular weight is 492 g/mol. The highest BCUT2D eigenvalue weighted by molar-refractivity contribution is 8.01. The van der Waals surface area contributed by atoms with E-state index >= 15 is 0 Å². The van der Waals surface area contributed by atoms with Crippen LogP contribution >= 0.6 is 23.1 Å². The van der Waals surface area contributed by atoms with Crippen molar-refractivity contribution in [2.75, 3.05) is 30.4 Å². The maximum absolute atomic E-state index is 12.4. The Balaban J connectivity index is 1.61. The molecule has 0 radical (unpaired) electrons. The molecule has 0 aliphatic rings. The van der Waals surface area contributed by atoms with Crippen molar-refractivity contribution in [3.63, 3.8) is 0 Å². The third-order valence-electron chi connectivity index (χ3n) is 4.80. The molecule has 1 N–H and O–H groups in total. The van der Waals surface area contributed by atoms with Crippen molar-refractivity contribution in [1.29, 1.82) is 0 Å². The van der Waals surface area contributed by atoms with Crippen LogP contribution in [0, 0.1) is 0 Å². The molecule has 0 spiro atoms. The van der Waals surface area contributed by atoms with Crippen LogP contribution < -0.4 is 5.32 Å². The molecule has 0 fully saturated rings. The van der Waals surface area contributed by atoms with Crippen molar-refractivity contribution in [2.24, 2.45) is 0 Å². The minimum Gasteiger partial charge on any atom is -0.343 e. The lowest BCUT2D eigenvalue weighted by Crippen LogP contribution is -2.31. The number of fused-ring (bicyclic) bond motifs is 1. The van der Waals surface area contributed by atoms with Crippen molar-refractivity contribution in [3.05, 3.63) is 48.0 Å². The van der Waals surface area contributed by atoms with Gasteiger partial charge in [0.15, 0.2) is 14.2 Å². The lowest BCUT2D eigenvalue weighted by molar-refractivity contribution is -0.128. The number of rotatable bonds is 9. The summed E-state index contributed by atoms with van der Waals surface area (Å²) in [6.45, 7) is 5.32. The second-order valence-corrected chi connectivity index (χ2v) is 11.4. The van der Waals surface area contributed by atoms with Crippen LogP contribution in [0.1, 0.15) is 19.4 Å². The molecule has 2 amide bonds. The predicted molar refractivity (Wildman–Crippen MR) is 130 cm³/mol. The average Bonchev–Trinajstić information content (AvgIpc) is 3.15. The van der Waals surface area contributed by atoms with E-state index < -0.39 is 9.84 Å². The smallest absolute Gasteiger partial charge is 0.232 e. The molecule has 0 saturated heterocycles. The number of thioether (sulfide) groups is 1.